The fourth-order valence-corrected chi connectivity index (χ4v) is 4.67. The summed E-state index contributed by atoms with van der Waals surface area (Å²) in [6, 6.07) is 2.54. The van der Waals surface area contributed by atoms with E-state index in [0.717, 1.165) is 19.4 Å². The van der Waals surface area contributed by atoms with Gasteiger partial charge in [0, 0.05) is 28.7 Å². The fourth-order valence-electron chi connectivity index (χ4n) is 3.84. The Morgan fingerprint density at radius 3 is 2.52 bits per heavy atom. The first-order chi connectivity index (χ1) is 9.77. The van der Waals surface area contributed by atoms with Crippen molar-refractivity contribution in [2.45, 2.75) is 77.6 Å². The van der Waals surface area contributed by atoms with Crippen molar-refractivity contribution < 1.29 is 0 Å². The molecular formula is C18H32N2S. The van der Waals surface area contributed by atoms with Crippen LogP contribution in [0.5, 0.6) is 0 Å². The van der Waals surface area contributed by atoms with Crippen molar-refractivity contribution >= 4 is 11.8 Å². The molecule has 1 unspecified atom stereocenters. The van der Waals surface area contributed by atoms with Gasteiger partial charge >= 0.3 is 0 Å². The number of hydrogen-bond donors (Lipinski definition) is 1. The molecule has 0 fully saturated rings. The molecule has 0 spiro atoms. The molecule has 0 radical (unpaired) electrons. The molecule has 0 saturated heterocycles. The second-order valence-electron chi connectivity index (χ2n) is 7.52. The van der Waals surface area contributed by atoms with Crippen molar-refractivity contribution in [2.75, 3.05) is 6.26 Å². The van der Waals surface area contributed by atoms with Crippen LogP contribution in [-0.4, -0.2) is 15.6 Å². The van der Waals surface area contributed by atoms with Gasteiger partial charge in [-0.2, -0.15) is 11.8 Å². The summed E-state index contributed by atoms with van der Waals surface area (Å²) in [6.07, 6.45) is 6.94. The van der Waals surface area contributed by atoms with E-state index in [1.165, 1.54) is 29.8 Å². The Bertz CT molecular complexity index is 489. The van der Waals surface area contributed by atoms with E-state index in [4.69, 9.17) is 5.73 Å². The van der Waals surface area contributed by atoms with Gasteiger partial charge in [0.05, 0.1) is 0 Å². The maximum Gasteiger partial charge on any atom is 0.0372 e. The van der Waals surface area contributed by atoms with Gasteiger partial charge in [-0.1, -0.05) is 27.7 Å². The maximum absolute atomic E-state index is 6.45. The van der Waals surface area contributed by atoms with Gasteiger partial charge in [-0.25, -0.2) is 0 Å². The van der Waals surface area contributed by atoms with Crippen LogP contribution in [0.2, 0.25) is 0 Å². The number of thioether (sulfide) groups is 1. The predicted molar refractivity (Wildman–Crippen MR) is 95.0 cm³/mol. The largest absolute Gasteiger partial charge is 0.347 e. The van der Waals surface area contributed by atoms with Crippen molar-refractivity contribution in [3.63, 3.8) is 0 Å². The third-order valence-corrected chi connectivity index (χ3v) is 7.01. The molecule has 2 N–H and O–H groups in total. The first-order valence-corrected chi connectivity index (χ1v) is 9.49. The van der Waals surface area contributed by atoms with Crippen LogP contribution in [0.4, 0.5) is 0 Å². The zero-order valence-electron chi connectivity index (χ0n) is 14.6. The molecule has 0 aromatic carbocycles. The molecular weight excluding hydrogens is 276 g/mol. The van der Waals surface area contributed by atoms with Crippen molar-refractivity contribution in [1.82, 2.24) is 4.57 Å². The van der Waals surface area contributed by atoms with Crippen LogP contribution in [0.25, 0.3) is 0 Å². The summed E-state index contributed by atoms with van der Waals surface area (Å²) in [6.45, 7) is 12.7. The number of nitrogens with two attached hydrogens (primary N) is 1. The monoisotopic (exact) mass is 308 g/mol. The van der Waals surface area contributed by atoms with E-state index >= 15 is 0 Å². The zero-order chi connectivity index (χ0) is 15.8. The van der Waals surface area contributed by atoms with E-state index in [1.54, 1.807) is 0 Å². The van der Waals surface area contributed by atoms with Gasteiger partial charge < -0.3 is 10.3 Å². The summed E-state index contributed by atoms with van der Waals surface area (Å²) in [5.41, 5.74) is 11.0. The van der Waals surface area contributed by atoms with Crippen LogP contribution in [0.1, 0.15) is 70.0 Å². The lowest BCUT2D eigenvalue weighted by Crippen LogP contribution is -2.34. The molecule has 2 nitrogen and oxygen atoms in total. The summed E-state index contributed by atoms with van der Waals surface area (Å²) in [5.74, 6) is 0. The number of aryl methyl sites for hydroxylation is 1. The highest BCUT2D eigenvalue weighted by Gasteiger charge is 2.35. The third-order valence-electron chi connectivity index (χ3n) is 5.44. The molecule has 1 aromatic heterocycles. The van der Waals surface area contributed by atoms with Gasteiger partial charge in [-0.15, -0.1) is 0 Å². The van der Waals surface area contributed by atoms with Crippen molar-refractivity contribution in [3.05, 3.63) is 23.0 Å². The molecule has 21 heavy (non-hydrogen) atoms. The third kappa shape index (κ3) is 3.19. The molecule has 2 rings (SSSR count). The lowest BCUT2D eigenvalue weighted by atomic mass is 9.74. The Kier molecular flexibility index (Phi) is 4.84. The molecule has 0 bridgehead atoms. The highest BCUT2D eigenvalue weighted by molar-refractivity contribution is 8.00. The Morgan fingerprint density at radius 1 is 1.38 bits per heavy atom. The normalized spacial score (nSPS) is 21.4. The first kappa shape index (κ1) is 17.0. The Hall–Kier alpha value is -0.410. The highest BCUT2D eigenvalue weighted by Crippen LogP contribution is 2.42. The van der Waals surface area contributed by atoms with E-state index in [2.05, 4.69) is 51.5 Å². The minimum atomic E-state index is 0.204. The molecule has 1 aliphatic rings. The summed E-state index contributed by atoms with van der Waals surface area (Å²) in [5, 5.41) is 0. The molecule has 1 aliphatic carbocycles. The Labute approximate surface area is 134 Å². The SMILES string of the molecule is CCC(CC)(Cn1c(C)cc2c1CC(C)(C)CC2N)SC. The highest BCUT2D eigenvalue weighted by atomic mass is 32.2. The number of rotatable bonds is 5. The van der Waals surface area contributed by atoms with E-state index in [0.29, 0.717) is 10.2 Å². The second-order valence-corrected chi connectivity index (χ2v) is 8.79. The Morgan fingerprint density at radius 2 is 2.00 bits per heavy atom. The number of nitrogens with zero attached hydrogens (tertiary/aromatic N) is 1. The van der Waals surface area contributed by atoms with Gasteiger partial charge in [0.1, 0.15) is 0 Å². The lowest BCUT2D eigenvalue weighted by molar-refractivity contribution is 0.272. The number of hydrogen-bond acceptors (Lipinski definition) is 2. The molecule has 1 atom stereocenters. The average Bonchev–Trinajstić information content (AvgIpc) is 2.72. The van der Waals surface area contributed by atoms with Crippen molar-refractivity contribution in [3.8, 4) is 0 Å². The topological polar surface area (TPSA) is 30.9 Å². The van der Waals surface area contributed by atoms with Crippen LogP contribution < -0.4 is 5.73 Å². The number of aromatic nitrogens is 1. The van der Waals surface area contributed by atoms with Gasteiger partial charge in [0.2, 0.25) is 0 Å². The van der Waals surface area contributed by atoms with Crippen LogP contribution >= 0.6 is 11.8 Å². The van der Waals surface area contributed by atoms with Crippen LogP contribution in [-0.2, 0) is 13.0 Å². The molecule has 0 saturated carbocycles. The van der Waals surface area contributed by atoms with E-state index in [9.17, 15) is 0 Å². The predicted octanol–water partition coefficient (Wildman–Crippen LogP) is 4.69. The van der Waals surface area contributed by atoms with Gasteiger partial charge in [0.15, 0.2) is 0 Å². The van der Waals surface area contributed by atoms with Crippen LogP contribution in [0.15, 0.2) is 6.07 Å². The zero-order valence-corrected chi connectivity index (χ0v) is 15.4. The minimum absolute atomic E-state index is 0.204. The molecule has 0 aliphatic heterocycles. The molecule has 0 amide bonds. The number of fused-ring (bicyclic) bond motifs is 1. The smallest absolute Gasteiger partial charge is 0.0372 e. The maximum atomic E-state index is 6.45. The van der Waals surface area contributed by atoms with Crippen LogP contribution in [0, 0.1) is 12.3 Å². The van der Waals surface area contributed by atoms with E-state index < -0.39 is 0 Å². The van der Waals surface area contributed by atoms with Gasteiger partial charge in [-0.05, 0) is 55.9 Å². The summed E-state index contributed by atoms with van der Waals surface area (Å²) in [4.78, 5) is 0. The quantitative estimate of drug-likeness (QED) is 0.855. The van der Waals surface area contributed by atoms with E-state index in [1.807, 2.05) is 11.8 Å². The standard InChI is InChI=1S/C18H32N2S/c1-7-18(8-2,21-6)12-20-13(3)9-14-15(19)10-17(4,5)11-16(14)20/h9,15H,7-8,10-12,19H2,1-6H3. The fraction of sp³-hybridized carbons (Fsp3) is 0.778. The summed E-state index contributed by atoms with van der Waals surface area (Å²) < 4.78 is 2.92. The van der Waals surface area contributed by atoms with Crippen molar-refractivity contribution in [2.24, 2.45) is 11.1 Å². The molecule has 120 valence electrons. The minimum Gasteiger partial charge on any atom is -0.347 e. The van der Waals surface area contributed by atoms with Crippen molar-refractivity contribution in [1.29, 1.82) is 0 Å². The van der Waals surface area contributed by atoms with E-state index in [-0.39, 0.29) is 6.04 Å². The van der Waals surface area contributed by atoms with Gasteiger partial charge in [0.25, 0.3) is 0 Å². The second kappa shape index (κ2) is 6.00. The van der Waals surface area contributed by atoms with Gasteiger partial charge in [-0.3, -0.25) is 0 Å². The lowest BCUT2D eigenvalue weighted by Gasteiger charge is -2.37. The first-order valence-electron chi connectivity index (χ1n) is 8.27. The Balaban J connectivity index is 2.42. The molecule has 1 heterocycles. The summed E-state index contributed by atoms with van der Waals surface area (Å²) in [7, 11) is 0. The average molecular weight is 309 g/mol. The van der Waals surface area contributed by atoms with Crippen LogP contribution in [0.3, 0.4) is 0 Å². The molecule has 3 heteroatoms. The molecule has 1 aromatic rings. The summed E-state index contributed by atoms with van der Waals surface area (Å²) >= 11 is 2.02.